The van der Waals surface area contributed by atoms with Gasteiger partial charge in [0.1, 0.15) is 12.6 Å². The fraction of sp³-hybridized carbons (Fsp3) is 0.800. The van der Waals surface area contributed by atoms with Crippen molar-refractivity contribution < 1.29 is 19.1 Å². The predicted octanol–water partition coefficient (Wildman–Crippen LogP) is 0.187. The highest BCUT2D eigenvalue weighted by Gasteiger charge is 2.32. The van der Waals surface area contributed by atoms with Gasteiger partial charge in [-0.3, -0.25) is 4.79 Å². The molecule has 1 amide bonds. The average molecular weight is 215 g/mol. The largest absolute Gasteiger partial charge is 0.467 e. The Morgan fingerprint density at radius 2 is 2.07 bits per heavy atom. The van der Waals surface area contributed by atoms with Crippen molar-refractivity contribution in [1.82, 2.24) is 4.90 Å². The van der Waals surface area contributed by atoms with E-state index < -0.39 is 6.04 Å². The Bertz CT molecular complexity index is 242. The summed E-state index contributed by atoms with van der Waals surface area (Å²) in [6.45, 7) is 0.634. The van der Waals surface area contributed by atoms with Gasteiger partial charge in [-0.05, 0) is 19.3 Å². The number of amides is 1. The SMILES string of the molecule is COCC(=O)N1CCCC[C@@H]1C(=O)OC. The molecule has 0 aliphatic carbocycles. The number of ether oxygens (including phenoxy) is 2. The van der Waals surface area contributed by atoms with Crippen LogP contribution < -0.4 is 0 Å². The molecule has 15 heavy (non-hydrogen) atoms. The second-order valence-electron chi connectivity index (χ2n) is 3.55. The zero-order valence-corrected chi connectivity index (χ0v) is 9.19. The quantitative estimate of drug-likeness (QED) is 0.630. The van der Waals surface area contributed by atoms with E-state index in [1.54, 1.807) is 4.90 Å². The average Bonchev–Trinajstić information content (AvgIpc) is 2.28. The third-order valence-electron chi connectivity index (χ3n) is 2.56. The van der Waals surface area contributed by atoms with Gasteiger partial charge in [-0.1, -0.05) is 0 Å². The van der Waals surface area contributed by atoms with E-state index in [2.05, 4.69) is 4.74 Å². The van der Waals surface area contributed by atoms with Crippen molar-refractivity contribution in [1.29, 1.82) is 0 Å². The Morgan fingerprint density at radius 3 is 2.67 bits per heavy atom. The Hall–Kier alpha value is -1.10. The van der Waals surface area contributed by atoms with Gasteiger partial charge in [-0.25, -0.2) is 4.79 Å². The van der Waals surface area contributed by atoms with Crippen LogP contribution in [-0.2, 0) is 19.1 Å². The molecule has 0 radical (unpaired) electrons. The van der Waals surface area contributed by atoms with Crippen molar-refractivity contribution in [3.8, 4) is 0 Å². The second kappa shape index (κ2) is 5.70. The van der Waals surface area contributed by atoms with E-state index in [1.807, 2.05) is 0 Å². The topological polar surface area (TPSA) is 55.8 Å². The standard InChI is InChI=1S/C10H17NO4/c1-14-7-9(12)11-6-4-3-5-8(11)10(13)15-2/h8H,3-7H2,1-2H3/t8-/m1/s1. The molecule has 5 nitrogen and oxygen atoms in total. The van der Waals surface area contributed by atoms with E-state index >= 15 is 0 Å². The fourth-order valence-electron chi connectivity index (χ4n) is 1.82. The molecule has 1 rings (SSSR count). The molecule has 5 heteroatoms. The number of methoxy groups -OCH3 is 2. The zero-order chi connectivity index (χ0) is 11.3. The number of hydrogen-bond donors (Lipinski definition) is 0. The maximum atomic E-state index is 11.6. The molecular weight excluding hydrogens is 198 g/mol. The fourth-order valence-corrected chi connectivity index (χ4v) is 1.82. The maximum absolute atomic E-state index is 11.6. The van der Waals surface area contributed by atoms with E-state index in [1.165, 1.54) is 14.2 Å². The third kappa shape index (κ3) is 2.92. The van der Waals surface area contributed by atoms with Gasteiger partial charge in [0.2, 0.25) is 5.91 Å². The summed E-state index contributed by atoms with van der Waals surface area (Å²) in [5, 5.41) is 0. The zero-order valence-electron chi connectivity index (χ0n) is 9.19. The maximum Gasteiger partial charge on any atom is 0.328 e. The van der Waals surface area contributed by atoms with Crippen LogP contribution in [0.5, 0.6) is 0 Å². The van der Waals surface area contributed by atoms with E-state index in [9.17, 15) is 9.59 Å². The van der Waals surface area contributed by atoms with Crippen LogP contribution in [0.4, 0.5) is 0 Å². The van der Waals surface area contributed by atoms with E-state index in [-0.39, 0.29) is 18.5 Å². The first-order chi connectivity index (χ1) is 7.20. The van der Waals surface area contributed by atoms with Crippen LogP contribution in [0.25, 0.3) is 0 Å². The van der Waals surface area contributed by atoms with Crippen molar-refractivity contribution in [2.24, 2.45) is 0 Å². The van der Waals surface area contributed by atoms with Crippen molar-refractivity contribution in [2.75, 3.05) is 27.4 Å². The number of likely N-dealkylation sites (tertiary alicyclic amines) is 1. The normalized spacial score (nSPS) is 21.2. The number of esters is 1. The first-order valence-electron chi connectivity index (χ1n) is 5.07. The number of nitrogens with zero attached hydrogens (tertiary/aromatic N) is 1. The monoisotopic (exact) mass is 215 g/mol. The van der Waals surface area contributed by atoms with Crippen LogP contribution in [-0.4, -0.2) is 50.2 Å². The van der Waals surface area contributed by atoms with Crippen LogP contribution in [0, 0.1) is 0 Å². The van der Waals surface area contributed by atoms with Crippen LogP contribution in [0.1, 0.15) is 19.3 Å². The van der Waals surface area contributed by atoms with Gasteiger partial charge in [0, 0.05) is 13.7 Å². The molecule has 1 fully saturated rings. The number of carbonyl (C=O) groups excluding carboxylic acids is 2. The van der Waals surface area contributed by atoms with Crippen molar-refractivity contribution in [3.05, 3.63) is 0 Å². The molecule has 0 bridgehead atoms. The summed E-state index contributed by atoms with van der Waals surface area (Å²) >= 11 is 0. The summed E-state index contributed by atoms with van der Waals surface area (Å²) in [4.78, 5) is 24.6. The lowest BCUT2D eigenvalue weighted by molar-refractivity contribution is -0.156. The molecule has 1 saturated heterocycles. The Balaban J connectivity index is 2.65. The molecule has 0 aromatic rings. The highest BCUT2D eigenvalue weighted by atomic mass is 16.5. The first-order valence-corrected chi connectivity index (χ1v) is 5.07. The van der Waals surface area contributed by atoms with Crippen LogP contribution in [0.3, 0.4) is 0 Å². The smallest absolute Gasteiger partial charge is 0.328 e. The number of rotatable bonds is 3. The van der Waals surface area contributed by atoms with Crippen molar-refractivity contribution in [3.63, 3.8) is 0 Å². The summed E-state index contributed by atoms with van der Waals surface area (Å²) in [7, 11) is 2.81. The molecule has 86 valence electrons. The lowest BCUT2D eigenvalue weighted by atomic mass is 10.0. The van der Waals surface area contributed by atoms with Crippen LogP contribution >= 0.6 is 0 Å². The summed E-state index contributed by atoms with van der Waals surface area (Å²) < 4.78 is 9.45. The van der Waals surface area contributed by atoms with Gasteiger partial charge in [-0.2, -0.15) is 0 Å². The van der Waals surface area contributed by atoms with Gasteiger partial charge in [0.05, 0.1) is 7.11 Å². The molecule has 0 spiro atoms. The molecule has 1 atom stereocenters. The van der Waals surface area contributed by atoms with Gasteiger partial charge < -0.3 is 14.4 Å². The third-order valence-corrected chi connectivity index (χ3v) is 2.56. The molecule has 0 N–H and O–H groups in total. The highest BCUT2D eigenvalue weighted by molar-refractivity contribution is 5.85. The van der Waals surface area contributed by atoms with Crippen molar-refractivity contribution in [2.45, 2.75) is 25.3 Å². The Morgan fingerprint density at radius 1 is 1.33 bits per heavy atom. The summed E-state index contributed by atoms with van der Waals surface area (Å²) in [5.74, 6) is -0.480. The lowest BCUT2D eigenvalue weighted by Gasteiger charge is -2.33. The molecule has 1 heterocycles. The van der Waals surface area contributed by atoms with Crippen molar-refractivity contribution >= 4 is 11.9 Å². The number of hydrogen-bond acceptors (Lipinski definition) is 4. The second-order valence-corrected chi connectivity index (χ2v) is 3.55. The molecule has 0 saturated carbocycles. The molecular formula is C10H17NO4. The highest BCUT2D eigenvalue weighted by Crippen LogP contribution is 2.18. The summed E-state index contributed by atoms with van der Waals surface area (Å²) in [5.41, 5.74) is 0. The van der Waals surface area contributed by atoms with Gasteiger partial charge in [0.25, 0.3) is 0 Å². The summed E-state index contributed by atoms with van der Waals surface area (Å²) in [6.07, 6.45) is 2.57. The number of carbonyl (C=O) groups is 2. The molecule has 1 aliphatic rings. The van der Waals surface area contributed by atoms with Gasteiger partial charge in [-0.15, -0.1) is 0 Å². The first kappa shape index (κ1) is 12.0. The van der Waals surface area contributed by atoms with E-state index in [0.29, 0.717) is 13.0 Å². The number of piperidine rings is 1. The minimum atomic E-state index is -0.425. The molecule has 0 unspecified atom stereocenters. The van der Waals surface area contributed by atoms with Gasteiger partial charge >= 0.3 is 5.97 Å². The lowest BCUT2D eigenvalue weighted by Crippen LogP contribution is -2.49. The predicted molar refractivity (Wildman–Crippen MR) is 53.2 cm³/mol. The van der Waals surface area contributed by atoms with Gasteiger partial charge in [0.15, 0.2) is 0 Å². The van der Waals surface area contributed by atoms with Crippen LogP contribution in [0.2, 0.25) is 0 Å². The molecule has 1 aliphatic heterocycles. The Labute approximate surface area is 89.3 Å². The minimum Gasteiger partial charge on any atom is -0.467 e. The van der Waals surface area contributed by atoms with E-state index in [4.69, 9.17) is 4.74 Å². The molecule has 0 aromatic carbocycles. The minimum absolute atomic E-state index is 0.0213. The van der Waals surface area contributed by atoms with E-state index in [0.717, 1.165) is 12.8 Å². The van der Waals surface area contributed by atoms with Crippen LogP contribution in [0.15, 0.2) is 0 Å². The summed E-state index contributed by atoms with van der Waals surface area (Å²) in [6, 6.07) is -0.425. The molecule has 0 aromatic heterocycles. The Kier molecular flexibility index (Phi) is 4.55.